The van der Waals surface area contributed by atoms with Crippen molar-refractivity contribution in [1.82, 2.24) is 5.32 Å². The third-order valence-electron chi connectivity index (χ3n) is 3.75. The Morgan fingerprint density at radius 3 is 2.81 bits per heavy atom. The van der Waals surface area contributed by atoms with Crippen molar-refractivity contribution >= 4 is 27.5 Å². The van der Waals surface area contributed by atoms with Crippen LogP contribution in [0.4, 0.5) is 0 Å². The Hall–Kier alpha value is -0.0500. The Bertz CT molecular complexity index is 380. The van der Waals surface area contributed by atoms with E-state index in [1.807, 2.05) is 13.1 Å². The molecule has 0 spiro atoms. The maximum atomic E-state index is 6.30. The lowest BCUT2D eigenvalue weighted by Gasteiger charge is -2.45. The minimum absolute atomic E-state index is 0.628. The molecule has 1 aliphatic carbocycles. The van der Waals surface area contributed by atoms with E-state index in [1.165, 1.54) is 18.4 Å². The molecule has 3 heteroatoms. The highest BCUT2D eigenvalue weighted by atomic mass is 79.9. The monoisotopic (exact) mass is 301 g/mol. The Morgan fingerprint density at radius 2 is 2.25 bits per heavy atom. The second-order valence-corrected chi connectivity index (χ2v) is 5.80. The summed E-state index contributed by atoms with van der Waals surface area (Å²) in [5.41, 5.74) is 1.31. The summed E-state index contributed by atoms with van der Waals surface area (Å²) in [6.07, 6.45) is 2.42. The number of halogens is 2. The van der Waals surface area contributed by atoms with E-state index in [0.29, 0.717) is 12.0 Å². The quantitative estimate of drug-likeness (QED) is 0.882. The van der Waals surface area contributed by atoms with Crippen LogP contribution in [0, 0.1) is 5.92 Å². The molecule has 1 aromatic rings. The van der Waals surface area contributed by atoms with Gasteiger partial charge in [0.15, 0.2) is 0 Å². The Balaban J connectivity index is 2.19. The summed E-state index contributed by atoms with van der Waals surface area (Å²) in [6.45, 7) is 2.26. The lowest BCUT2D eigenvalue weighted by molar-refractivity contribution is 0.169. The number of benzene rings is 1. The van der Waals surface area contributed by atoms with Gasteiger partial charge in [0.1, 0.15) is 0 Å². The smallest absolute Gasteiger partial charge is 0.0452 e. The topological polar surface area (TPSA) is 12.0 Å². The molecule has 16 heavy (non-hydrogen) atoms. The van der Waals surface area contributed by atoms with Crippen LogP contribution < -0.4 is 5.32 Å². The fourth-order valence-corrected chi connectivity index (χ4v) is 3.58. The SMILES string of the molecule is CCC1C(NC)CC1c1ccc(Br)cc1Cl. The molecule has 0 radical (unpaired) electrons. The Labute approximate surface area is 111 Å². The summed E-state index contributed by atoms with van der Waals surface area (Å²) in [7, 11) is 2.05. The van der Waals surface area contributed by atoms with Gasteiger partial charge in [0.2, 0.25) is 0 Å². The van der Waals surface area contributed by atoms with Crippen LogP contribution in [0.5, 0.6) is 0 Å². The molecule has 0 aliphatic heterocycles. The van der Waals surface area contributed by atoms with Crippen LogP contribution in [0.15, 0.2) is 22.7 Å². The predicted molar refractivity (Wildman–Crippen MR) is 73.1 cm³/mol. The number of nitrogens with one attached hydrogen (secondary N) is 1. The van der Waals surface area contributed by atoms with Gasteiger partial charge in [-0.05, 0) is 43.0 Å². The van der Waals surface area contributed by atoms with Crippen molar-refractivity contribution < 1.29 is 0 Å². The zero-order chi connectivity index (χ0) is 11.7. The van der Waals surface area contributed by atoms with E-state index < -0.39 is 0 Å². The van der Waals surface area contributed by atoms with Crippen molar-refractivity contribution in [1.29, 1.82) is 0 Å². The van der Waals surface area contributed by atoms with E-state index in [-0.39, 0.29) is 0 Å². The molecule has 88 valence electrons. The average molecular weight is 303 g/mol. The third kappa shape index (κ3) is 2.15. The molecular weight excluding hydrogens is 286 g/mol. The first kappa shape index (κ1) is 12.4. The van der Waals surface area contributed by atoms with Gasteiger partial charge in [-0.1, -0.05) is 46.9 Å². The highest BCUT2D eigenvalue weighted by Gasteiger charge is 2.40. The van der Waals surface area contributed by atoms with Gasteiger partial charge in [0.05, 0.1) is 0 Å². The van der Waals surface area contributed by atoms with Crippen molar-refractivity contribution in [3.05, 3.63) is 33.3 Å². The van der Waals surface area contributed by atoms with E-state index in [9.17, 15) is 0 Å². The average Bonchev–Trinajstić information content (AvgIpc) is 2.21. The van der Waals surface area contributed by atoms with Crippen LogP contribution in [-0.2, 0) is 0 Å². The van der Waals surface area contributed by atoms with Crippen molar-refractivity contribution in [2.45, 2.75) is 31.7 Å². The first-order valence-corrected chi connectivity index (χ1v) is 6.96. The van der Waals surface area contributed by atoms with Crippen LogP contribution in [0.2, 0.25) is 5.02 Å². The van der Waals surface area contributed by atoms with Crippen molar-refractivity contribution in [3.63, 3.8) is 0 Å². The zero-order valence-electron chi connectivity index (χ0n) is 9.63. The van der Waals surface area contributed by atoms with Crippen molar-refractivity contribution in [2.24, 2.45) is 5.92 Å². The van der Waals surface area contributed by atoms with Gasteiger partial charge in [0.25, 0.3) is 0 Å². The predicted octanol–water partition coefficient (Wildman–Crippen LogP) is 4.20. The largest absolute Gasteiger partial charge is 0.317 e. The maximum absolute atomic E-state index is 6.30. The Kier molecular flexibility index (Phi) is 3.93. The zero-order valence-corrected chi connectivity index (χ0v) is 12.0. The molecule has 1 N–H and O–H groups in total. The molecule has 0 aromatic heterocycles. The van der Waals surface area contributed by atoms with Crippen LogP contribution in [0.1, 0.15) is 31.2 Å². The third-order valence-corrected chi connectivity index (χ3v) is 4.57. The van der Waals surface area contributed by atoms with Gasteiger partial charge >= 0.3 is 0 Å². The van der Waals surface area contributed by atoms with Crippen molar-refractivity contribution in [3.8, 4) is 0 Å². The van der Waals surface area contributed by atoms with Crippen LogP contribution >= 0.6 is 27.5 Å². The normalized spacial score (nSPS) is 28.9. The molecular formula is C13H17BrClN. The highest BCUT2D eigenvalue weighted by molar-refractivity contribution is 9.10. The molecule has 0 bridgehead atoms. The molecule has 2 rings (SSSR count). The summed E-state index contributed by atoms with van der Waals surface area (Å²) >= 11 is 9.75. The van der Waals surface area contributed by atoms with Gasteiger partial charge in [-0.2, -0.15) is 0 Å². The van der Waals surface area contributed by atoms with E-state index in [1.54, 1.807) is 0 Å². The van der Waals surface area contributed by atoms with E-state index in [2.05, 4.69) is 40.3 Å². The lowest BCUT2D eigenvalue weighted by atomic mass is 9.65. The summed E-state index contributed by atoms with van der Waals surface area (Å²) < 4.78 is 1.05. The summed E-state index contributed by atoms with van der Waals surface area (Å²) in [6, 6.07) is 6.90. The molecule has 1 fully saturated rings. The van der Waals surface area contributed by atoms with Crippen LogP contribution in [-0.4, -0.2) is 13.1 Å². The summed E-state index contributed by atoms with van der Waals surface area (Å²) in [4.78, 5) is 0. The molecule has 1 nitrogen and oxygen atoms in total. The molecule has 0 saturated heterocycles. The lowest BCUT2D eigenvalue weighted by Crippen LogP contribution is -2.47. The minimum atomic E-state index is 0.628. The maximum Gasteiger partial charge on any atom is 0.0452 e. The second-order valence-electron chi connectivity index (χ2n) is 4.48. The van der Waals surface area contributed by atoms with Gasteiger partial charge in [-0.25, -0.2) is 0 Å². The van der Waals surface area contributed by atoms with Crippen LogP contribution in [0.25, 0.3) is 0 Å². The molecule has 3 unspecified atom stereocenters. The van der Waals surface area contributed by atoms with Crippen LogP contribution in [0.3, 0.4) is 0 Å². The van der Waals surface area contributed by atoms with Gasteiger partial charge in [0, 0.05) is 15.5 Å². The fraction of sp³-hybridized carbons (Fsp3) is 0.538. The Morgan fingerprint density at radius 1 is 1.50 bits per heavy atom. The molecule has 1 saturated carbocycles. The standard InChI is InChI=1S/C13H17BrClN/c1-3-9-11(7-13(9)16-2)10-5-4-8(14)6-12(10)15/h4-6,9,11,13,16H,3,7H2,1-2H3. The molecule has 0 heterocycles. The molecule has 1 aromatic carbocycles. The van der Waals surface area contributed by atoms with Gasteiger partial charge in [-0.3, -0.25) is 0 Å². The number of hydrogen-bond donors (Lipinski definition) is 1. The highest BCUT2D eigenvalue weighted by Crippen LogP contribution is 2.46. The summed E-state index contributed by atoms with van der Waals surface area (Å²) in [5.74, 6) is 1.35. The number of rotatable bonds is 3. The van der Waals surface area contributed by atoms with E-state index in [0.717, 1.165) is 15.4 Å². The second kappa shape index (κ2) is 5.07. The minimum Gasteiger partial charge on any atom is -0.317 e. The first-order valence-electron chi connectivity index (χ1n) is 5.79. The van der Waals surface area contributed by atoms with E-state index >= 15 is 0 Å². The number of hydrogen-bond acceptors (Lipinski definition) is 1. The molecule has 3 atom stereocenters. The van der Waals surface area contributed by atoms with Crippen molar-refractivity contribution in [2.75, 3.05) is 7.05 Å². The fourth-order valence-electron chi connectivity index (χ4n) is 2.77. The molecule has 1 aliphatic rings. The molecule has 0 amide bonds. The first-order chi connectivity index (χ1) is 7.67. The van der Waals surface area contributed by atoms with E-state index in [4.69, 9.17) is 11.6 Å². The summed E-state index contributed by atoms with van der Waals surface area (Å²) in [5, 5.41) is 4.28. The van der Waals surface area contributed by atoms with Gasteiger partial charge in [-0.15, -0.1) is 0 Å². The van der Waals surface area contributed by atoms with Gasteiger partial charge < -0.3 is 5.32 Å².